The number of rotatable bonds is 9. The average Bonchev–Trinajstić information content (AvgIpc) is 3.18. The second kappa shape index (κ2) is 9.89. The van der Waals surface area contributed by atoms with E-state index in [1.807, 2.05) is 31.2 Å². The number of aromatic nitrogens is 2. The maximum Gasteiger partial charge on any atom is 0.277 e. The Hall–Kier alpha value is -2.87. The quantitative estimate of drug-likeness (QED) is 0.551. The predicted molar refractivity (Wildman–Crippen MR) is 105 cm³/mol. The zero-order valence-corrected chi connectivity index (χ0v) is 16.2. The number of thioether (sulfide) groups is 1. The molecule has 0 fully saturated rings. The van der Waals surface area contributed by atoms with E-state index in [2.05, 4.69) is 15.5 Å². The number of ether oxygens (including phenoxy) is 1. The van der Waals surface area contributed by atoms with Gasteiger partial charge in [-0.3, -0.25) is 4.79 Å². The monoisotopic (exact) mass is 401 g/mol. The highest BCUT2D eigenvalue weighted by Crippen LogP contribution is 2.24. The van der Waals surface area contributed by atoms with Crippen molar-refractivity contribution in [2.75, 3.05) is 18.9 Å². The van der Waals surface area contributed by atoms with Crippen molar-refractivity contribution in [2.45, 2.75) is 18.6 Å². The molecule has 28 heavy (non-hydrogen) atoms. The maximum atomic E-state index is 12.9. The van der Waals surface area contributed by atoms with Gasteiger partial charge in [0.25, 0.3) is 5.22 Å². The van der Waals surface area contributed by atoms with Crippen molar-refractivity contribution in [2.24, 2.45) is 0 Å². The lowest BCUT2D eigenvalue weighted by atomic mass is 10.1. The van der Waals surface area contributed by atoms with Crippen LogP contribution in [0, 0.1) is 5.82 Å². The van der Waals surface area contributed by atoms with Crippen LogP contribution in [-0.2, 0) is 11.2 Å². The Balaban J connectivity index is 1.43. The van der Waals surface area contributed by atoms with Gasteiger partial charge in [0.15, 0.2) is 0 Å². The summed E-state index contributed by atoms with van der Waals surface area (Å²) >= 11 is 1.18. The van der Waals surface area contributed by atoms with Gasteiger partial charge in [0.2, 0.25) is 11.8 Å². The summed E-state index contributed by atoms with van der Waals surface area (Å²) in [5, 5.41) is 11.1. The van der Waals surface area contributed by atoms with E-state index in [4.69, 9.17) is 9.15 Å². The van der Waals surface area contributed by atoms with Crippen molar-refractivity contribution in [1.29, 1.82) is 0 Å². The molecule has 8 heteroatoms. The van der Waals surface area contributed by atoms with E-state index in [-0.39, 0.29) is 17.5 Å². The molecule has 0 unspecified atom stereocenters. The van der Waals surface area contributed by atoms with Crippen molar-refractivity contribution < 1.29 is 18.3 Å². The number of carbonyl (C=O) groups is 1. The van der Waals surface area contributed by atoms with Crippen molar-refractivity contribution >= 4 is 17.7 Å². The Morgan fingerprint density at radius 1 is 1.14 bits per heavy atom. The van der Waals surface area contributed by atoms with Gasteiger partial charge in [-0.25, -0.2) is 4.39 Å². The molecule has 1 aromatic heterocycles. The molecule has 3 aromatic rings. The standard InChI is InChI=1S/C20H20FN3O3S/c1-2-26-17-9-5-15(6-10-17)19-23-24-20(27-19)28-13-18(25)22-12-11-14-3-7-16(21)8-4-14/h3-10H,2,11-13H2,1H3,(H,22,25). The SMILES string of the molecule is CCOc1ccc(-c2nnc(SCC(=O)NCCc3ccc(F)cc3)o2)cc1. The molecule has 0 saturated carbocycles. The van der Waals surface area contributed by atoms with Crippen LogP contribution in [0.2, 0.25) is 0 Å². The van der Waals surface area contributed by atoms with E-state index < -0.39 is 0 Å². The van der Waals surface area contributed by atoms with E-state index in [1.54, 1.807) is 12.1 Å². The molecule has 1 N–H and O–H groups in total. The van der Waals surface area contributed by atoms with Crippen molar-refractivity contribution in [3.63, 3.8) is 0 Å². The number of carbonyl (C=O) groups excluding carboxylic acids is 1. The Morgan fingerprint density at radius 3 is 2.61 bits per heavy atom. The lowest BCUT2D eigenvalue weighted by Gasteiger charge is -2.04. The summed E-state index contributed by atoms with van der Waals surface area (Å²) in [6.45, 7) is 3.01. The molecule has 0 saturated heterocycles. The third-order valence-corrected chi connectivity index (χ3v) is 4.61. The van der Waals surface area contributed by atoms with Crippen LogP contribution in [0.25, 0.3) is 11.5 Å². The summed E-state index contributed by atoms with van der Waals surface area (Å²) in [5.41, 5.74) is 1.75. The number of benzene rings is 2. The van der Waals surface area contributed by atoms with Crippen LogP contribution in [0.4, 0.5) is 4.39 Å². The molecule has 0 aliphatic heterocycles. The molecular formula is C20H20FN3O3S. The molecule has 0 radical (unpaired) electrons. The fraction of sp³-hybridized carbons (Fsp3) is 0.250. The van der Waals surface area contributed by atoms with Gasteiger partial charge in [0.05, 0.1) is 12.4 Å². The van der Waals surface area contributed by atoms with Gasteiger partial charge in [-0.05, 0) is 55.3 Å². The molecule has 146 valence electrons. The number of amides is 1. The minimum absolute atomic E-state index is 0.132. The number of nitrogens with zero attached hydrogens (tertiary/aromatic N) is 2. The maximum absolute atomic E-state index is 12.9. The smallest absolute Gasteiger partial charge is 0.277 e. The molecule has 0 bridgehead atoms. The van der Waals surface area contributed by atoms with Gasteiger partial charge in [0.1, 0.15) is 11.6 Å². The Labute approximate surface area is 166 Å². The van der Waals surface area contributed by atoms with Crippen molar-refractivity contribution in [3.05, 3.63) is 59.9 Å². The normalized spacial score (nSPS) is 10.6. The van der Waals surface area contributed by atoms with Crippen LogP contribution >= 0.6 is 11.8 Å². The van der Waals surface area contributed by atoms with Crippen LogP contribution < -0.4 is 10.1 Å². The first-order valence-corrected chi connectivity index (χ1v) is 9.83. The highest BCUT2D eigenvalue weighted by Gasteiger charge is 2.11. The van der Waals surface area contributed by atoms with Crippen LogP contribution in [-0.4, -0.2) is 35.0 Å². The van der Waals surface area contributed by atoms with E-state index in [0.717, 1.165) is 16.9 Å². The molecule has 1 heterocycles. The molecular weight excluding hydrogens is 381 g/mol. The molecule has 0 aliphatic rings. The third-order valence-electron chi connectivity index (χ3n) is 3.79. The summed E-state index contributed by atoms with van der Waals surface area (Å²) in [6.07, 6.45) is 0.638. The molecule has 1 amide bonds. The Bertz CT molecular complexity index is 898. The van der Waals surface area contributed by atoms with Gasteiger partial charge in [-0.15, -0.1) is 10.2 Å². The first-order chi connectivity index (χ1) is 13.6. The predicted octanol–water partition coefficient (Wildman–Crippen LogP) is 3.73. The lowest BCUT2D eigenvalue weighted by Crippen LogP contribution is -2.27. The van der Waals surface area contributed by atoms with Gasteiger partial charge in [-0.1, -0.05) is 23.9 Å². The van der Waals surface area contributed by atoms with Crippen LogP contribution in [0.15, 0.2) is 58.2 Å². The first kappa shape index (κ1) is 19.9. The third kappa shape index (κ3) is 5.82. The zero-order valence-electron chi connectivity index (χ0n) is 15.4. The number of nitrogens with one attached hydrogen (secondary N) is 1. The molecule has 0 aliphatic carbocycles. The van der Waals surface area contributed by atoms with E-state index in [1.165, 1.54) is 23.9 Å². The lowest BCUT2D eigenvalue weighted by molar-refractivity contribution is -0.118. The largest absolute Gasteiger partial charge is 0.494 e. The van der Waals surface area contributed by atoms with Crippen LogP contribution in [0.3, 0.4) is 0 Å². The fourth-order valence-electron chi connectivity index (χ4n) is 2.42. The zero-order chi connectivity index (χ0) is 19.8. The van der Waals surface area contributed by atoms with Gasteiger partial charge in [-0.2, -0.15) is 0 Å². The number of hydrogen-bond acceptors (Lipinski definition) is 6. The number of halogens is 1. The molecule has 0 spiro atoms. The highest BCUT2D eigenvalue weighted by molar-refractivity contribution is 7.99. The summed E-state index contributed by atoms with van der Waals surface area (Å²) in [5.74, 6) is 0.940. The van der Waals surface area contributed by atoms with Gasteiger partial charge in [0, 0.05) is 12.1 Å². The summed E-state index contributed by atoms with van der Waals surface area (Å²) in [6, 6.07) is 13.6. The fourth-order valence-corrected chi connectivity index (χ4v) is 3.01. The second-order valence-corrected chi connectivity index (χ2v) is 6.77. The highest BCUT2D eigenvalue weighted by atomic mass is 32.2. The molecule has 0 atom stereocenters. The van der Waals surface area contributed by atoms with Crippen molar-refractivity contribution in [3.8, 4) is 17.2 Å². The van der Waals surface area contributed by atoms with Crippen molar-refractivity contribution in [1.82, 2.24) is 15.5 Å². The summed E-state index contributed by atoms with van der Waals surface area (Å²) in [4.78, 5) is 11.9. The van der Waals surface area contributed by atoms with Gasteiger partial charge >= 0.3 is 0 Å². The van der Waals surface area contributed by atoms with Crippen LogP contribution in [0.5, 0.6) is 5.75 Å². The van der Waals surface area contributed by atoms with Crippen LogP contribution in [0.1, 0.15) is 12.5 Å². The average molecular weight is 401 g/mol. The Morgan fingerprint density at radius 2 is 1.89 bits per heavy atom. The number of hydrogen-bond donors (Lipinski definition) is 1. The molecule has 6 nitrogen and oxygen atoms in total. The molecule has 2 aromatic carbocycles. The summed E-state index contributed by atoms with van der Waals surface area (Å²) in [7, 11) is 0. The Kier molecular flexibility index (Phi) is 7.02. The minimum Gasteiger partial charge on any atom is -0.494 e. The molecule has 3 rings (SSSR count). The minimum atomic E-state index is -0.270. The first-order valence-electron chi connectivity index (χ1n) is 8.84. The van der Waals surface area contributed by atoms with Gasteiger partial charge < -0.3 is 14.5 Å². The topological polar surface area (TPSA) is 77.2 Å². The van der Waals surface area contributed by atoms with E-state index in [0.29, 0.717) is 30.7 Å². The van der Waals surface area contributed by atoms with E-state index in [9.17, 15) is 9.18 Å². The second-order valence-electron chi connectivity index (χ2n) is 5.85. The summed E-state index contributed by atoms with van der Waals surface area (Å²) < 4.78 is 23.8. The van der Waals surface area contributed by atoms with E-state index >= 15 is 0 Å².